The molecule has 7 N–H and O–H groups in total. The highest BCUT2D eigenvalue weighted by molar-refractivity contribution is 4.91. The van der Waals surface area contributed by atoms with Crippen molar-refractivity contribution in [2.45, 2.75) is 30.8 Å². The Labute approximate surface area is 70.4 Å². The van der Waals surface area contributed by atoms with E-state index in [-0.39, 0.29) is 6.61 Å². The molecule has 1 aliphatic carbocycles. The maximum Gasteiger partial charge on any atom is 0.139 e. The maximum atomic E-state index is 9.36. The summed E-state index contributed by atoms with van der Waals surface area (Å²) in [7, 11) is 0. The van der Waals surface area contributed by atoms with Crippen LogP contribution in [0.3, 0.4) is 0 Å². The summed E-state index contributed by atoms with van der Waals surface area (Å²) in [5.74, 6) is -0.437. The molecule has 0 aliphatic heterocycles. The van der Waals surface area contributed by atoms with Crippen LogP contribution in [0.15, 0.2) is 0 Å². The second kappa shape index (κ2) is 3.68. The first-order valence-electron chi connectivity index (χ1n) is 4.06. The zero-order valence-corrected chi connectivity index (χ0v) is 6.80. The van der Waals surface area contributed by atoms with Crippen molar-refractivity contribution in [2.75, 3.05) is 6.61 Å². The molecule has 5 heteroatoms. The molecular weight excluding hydrogens is 162 g/mol. The fourth-order valence-electron chi connectivity index (χ4n) is 1.57. The molecule has 5 nitrogen and oxygen atoms in total. The number of hydrogen-bond acceptors (Lipinski definition) is 4. The third kappa shape index (κ3) is 1.60. The van der Waals surface area contributed by atoms with Gasteiger partial charge in [0.2, 0.25) is 0 Å². The molecule has 0 spiro atoms. The Morgan fingerprint density at radius 2 is 1.75 bits per heavy atom. The van der Waals surface area contributed by atoms with Crippen molar-refractivity contribution in [2.24, 2.45) is 5.92 Å². The molecule has 0 bridgehead atoms. The van der Waals surface area contributed by atoms with E-state index < -0.39 is 30.3 Å². The van der Waals surface area contributed by atoms with Gasteiger partial charge in [0, 0.05) is 12.5 Å². The molecule has 1 aliphatic rings. The van der Waals surface area contributed by atoms with Crippen molar-refractivity contribution < 1.29 is 26.2 Å². The molecule has 0 aromatic carbocycles. The van der Waals surface area contributed by atoms with Crippen LogP contribution in [0.1, 0.15) is 6.42 Å². The van der Waals surface area contributed by atoms with E-state index in [0.29, 0.717) is 6.42 Å². The molecule has 0 heterocycles. The van der Waals surface area contributed by atoms with Crippen molar-refractivity contribution in [3.8, 4) is 0 Å². The van der Waals surface area contributed by atoms with Gasteiger partial charge in [-0.2, -0.15) is 0 Å². The number of rotatable bonds is 1. The third-order valence-electron chi connectivity index (χ3n) is 2.54. The van der Waals surface area contributed by atoms with Crippen LogP contribution in [0.5, 0.6) is 0 Å². The molecule has 12 heavy (non-hydrogen) atoms. The van der Waals surface area contributed by atoms with Gasteiger partial charge in [0.25, 0.3) is 0 Å². The van der Waals surface area contributed by atoms with E-state index in [2.05, 4.69) is 5.73 Å². The van der Waals surface area contributed by atoms with Crippen LogP contribution >= 0.6 is 0 Å². The van der Waals surface area contributed by atoms with Gasteiger partial charge in [0.05, 0.1) is 6.10 Å². The third-order valence-corrected chi connectivity index (χ3v) is 2.54. The van der Waals surface area contributed by atoms with E-state index in [4.69, 9.17) is 5.11 Å². The summed E-state index contributed by atoms with van der Waals surface area (Å²) in [4.78, 5) is 0. The lowest BCUT2D eigenvalue weighted by molar-refractivity contribution is -0.467. The highest BCUT2D eigenvalue weighted by atomic mass is 16.3. The van der Waals surface area contributed by atoms with E-state index in [1.807, 2.05) is 0 Å². The van der Waals surface area contributed by atoms with Crippen LogP contribution in [0.25, 0.3) is 0 Å². The van der Waals surface area contributed by atoms with Gasteiger partial charge in [-0.1, -0.05) is 0 Å². The Hall–Kier alpha value is -0.200. The first kappa shape index (κ1) is 9.88. The summed E-state index contributed by atoms with van der Waals surface area (Å²) in [6.07, 6.45) is -2.45. The Morgan fingerprint density at radius 1 is 1.17 bits per heavy atom. The molecule has 0 aromatic heterocycles. The van der Waals surface area contributed by atoms with Crippen LogP contribution in [-0.4, -0.2) is 51.4 Å². The molecule has 0 saturated heterocycles. The summed E-state index contributed by atoms with van der Waals surface area (Å²) >= 11 is 0. The molecular formula is C7H16NO4+. The van der Waals surface area contributed by atoms with E-state index in [1.165, 1.54) is 0 Å². The summed E-state index contributed by atoms with van der Waals surface area (Å²) in [5.41, 5.74) is 3.54. The average Bonchev–Trinajstić information content (AvgIpc) is 2.08. The monoisotopic (exact) mass is 178 g/mol. The molecule has 72 valence electrons. The van der Waals surface area contributed by atoms with E-state index in [1.54, 1.807) is 0 Å². The van der Waals surface area contributed by atoms with Gasteiger partial charge in [0.1, 0.15) is 18.2 Å². The van der Waals surface area contributed by atoms with Crippen molar-refractivity contribution in [1.82, 2.24) is 0 Å². The SMILES string of the molecule is [NH3+][C@@H]1[C@H](O)[C@@H](O)[C@H](CO)C[C@@H]1O. The molecule has 0 unspecified atom stereocenters. The van der Waals surface area contributed by atoms with Crippen molar-refractivity contribution in [3.63, 3.8) is 0 Å². The van der Waals surface area contributed by atoms with Gasteiger partial charge in [-0.05, 0) is 6.42 Å². The normalized spacial score (nSPS) is 49.2. The Kier molecular flexibility index (Phi) is 3.03. The number of aliphatic hydroxyl groups is 4. The lowest BCUT2D eigenvalue weighted by Crippen LogP contribution is -2.76. The fourth-order valence-corrected chi connectivity index (χ4v) is 1.57. The summed E-state index contributed by atoms with van der Waals surface area (Å²) in [6.45, 7) is -0.220. The standard InChI is InChI=1S/C7H15NO4/c8-5-4(10)1-3(2-9)6(11)7(5)12/h3-7,9-12H,1-2,8H2/p+1/t3-,4-,5-,6-,7-/m0/s1. The number of aliphatic hydroxyl groups excluding tert-OH is 4. The second-order valence-corrected chi connectivity index (χ2v) is 3.39. The van der Waals surface area contributed by atoms with Crippen LogP contribution in [0.2, 0.25) is 0 Å². The topological polar surface area (TPSA) is 109 Å². The summed E-state index contributed by atoms with van der Waals surface area (Å²) in [5, 5.41) is 36.8. The number of quaternary nitrogens is 1. The lowest BCUT2D eigenvalue weighted by Gasteiger charge is -2.36. The zero-order valence-electron chi connectivity index (χ0n) is 6.80. The summed E-state index contributed by atoms with van der Waals surface area (Å²) < 4.78 is 0. The van der Waals surface area contributed by atoms with Gasteiger partial charge in [-0.15, -0.1) is 0 Å². The van der Waals surface area contributed by atoms with Crippen molar-refractivity contribution in [3.05, 3.63) is 0 Å². The van der Waals surface area contributed by atoms with E-state index in [0.717, 1.165) is 0 Å². The lowest BCUT2D eigenvalue weighted by atomic mass is 9.80. The van der Waals surface area contributed by atoms with E-state index in [9.17, 15) is 15.3 Å². The fraction of sp³-hybridized carbons (Fsp3) is 1.00. The molecule has 1 saturated carbocycles. The molecule has 0 radical (unpaired) electrons. The minimum atomic E-state index is -1.04. The van der Waals surface area contributed by atoms with Gasteiger partial charge < -0.3 is 26.2 Å². The summed E-state index contributed by atoms with van der Waals surface area (Å²) in [6, 6.07) is -0.567. The molecule has 0 amide bonds. The molecule has 1 fully saturated rings. The first-order valence-corrected chi connectivity index (χ1v) is 4.06. The Morgan fingerprint density at radius 3 is 2.25 bits per heavy atom. The van der Waals surface area contributed by atoms with Crippen LogP contribution in [0, 0.1) is 5.92 Å². The Balaban J connectivity index is 2.63. The van der Waals surface area contributed by atoms with Crippen LogP contribution in [-0.2, 0) is 0 Å². The van der Waals surface area contributed by atoms with Gasteiger partial charge in [0.15, 0.2) is 0 Å². The van der Waals surface area contributed by atoms with Crippen LogP contribution < -0.4 is 5.73 Å². The van der Waals surface area contributed by atoms with Gasteiger partial charge in [-0.25, -0.2) is 0 Å². The highest BCUT2D eigenvalue weighted by Crippen LogP contribution is 2.23. The average molecular weight is 178 g/mol. The largest absolute Gasteiger partial charge is 0.396 e. The maximum absolute atomic E-state index is 9.36. The van der Waals surface area contributed by atoms with Crippen molar-refractivity contribution >= 4 is 0 Å². The smallest absolute Gasteiger partial charge is 0.139 e. The minimum absolute atomic E-state index is 0.220. The molecule has 1 rings (SSSR count). The first-order chi connectivity index (χ1) is 5.57. The quantitative estimate of drug-likeness (QED) is 0.290. The van der Waals surface area contributed by atoms with Crippen LogP contribution in [0.4, 0.5) is 0 Å². The predicted molar refractivity (Wildman–Crippen MR) is 39.9 cm³/mol. The molecule has 5 atom stereocenters. The minimum Gasteiger partial charge on any atom is -0.396 e. The van der Waals surface area contributed by atoms with E-state index >= 15 is 0 Å². The second-order valence-electron chi connectivity index (χ2n) is 3.39. The zero-order chi connectivity index (χ0) is 9.30. The molecule has 0 aromatic rings. The van der Waals surface area contributed by atoms with Crippen molar-refractivity contribution in [1.29, 1.82) is 0 Å². The Bertz CT molecular complexity index is 150. The van der Waals surface area contributed by atoms with Gasteiger partial charge in [-0.3, -0.25) is 0 Å². The number of hydrogen-bond donors (Lipinski definition) is 5. The predicted octanol–water partition coefficient (Wildman–Crippen LogP) is -3.31. The highest BCUT2D eigenvalue weighted by Gasteiger charge is 2.42. The van der Waals surface area contributed by atoms with Gasteiger partial charge >= 0.3 is 0 Å².